The Morgan fingerprint density at radius 1 is 1.45 bits per heavy atom. The van der Waals surface area contributed by atoms with Crippen molar-refractivity contribution in [2.45, 2.75) is 12.8 Å². The average Bonchev–Trinajstić information content (AvgIpc) is 2.52. The van der Waals surface area contributed by atoms with Crippen LogP contribution >= 0.6 is 0 Å². The maximum Gasteiger partial charge on any atom is 0.221 e. The molecule has 0 aliphatic heterocycles. The van der Waals surface area contributed by atoms with E-state index in [4.69, 9.17) is 9.47 Å². The minimum atomic E-state index is -0.324. The van der Waals surface area contributed by atoms with Crippen LogP contribution in [0.5, 0.6) is 0 Å². The van der Waals surface area contributed by atoms with E-state index in [0.717, 1.165) is 0 Å². The summed E-state index contributed by atoms with van der Waals surface area (Å²) in [4.78, 5) is 0. The summed E-state index contributed by atoms with van der Waals surface area (Å²) in [6, 6.07) is 0. The Bertz CT molecular complexity index is 184. The van der Waals surface area contributed by atoms with Crippen LogP contribution in [0, 0.1) is 6.33 Å². The van der Waals surface area contributed by atoms with Gasteiger partial charge < -0.3 is 9.47 Å². The summed E-state index contributed by atoms with van der Waals surface area (Å²) in [5.74, 6) is 0. The molecule has 0 aliphatic rings. The average molecular weight is 157 g/mol. The topological polar surface area (TPSA) is 62.1 Å². The zero-order valence-electron chi connectivity index (χ0n) is 6.39. The smallest absolute Gasteiger partial charge is 0.221 e. The lowest BCUT2D eigenvalue weighted by atomic mass is 10.6. The van der Waals surface area contributed by atoms with Crippen molar-refractivity contribution in [1.82, 2.24) is 20.2 Å². The highest BCUT2D eigenvalue weighted by Crippen LogP contribution is 1.92. The molecule has 1 aromatic rings. The number of ether oxygens (including phenoxy) is 2. The lowest BCUT2D eigenvalue weighted by molar-refractivity contribution is -0.112. The molecule has 0 aromatic carbocycles. The van der Waals surface area contributed by atoms with Crippen LogP contribution in [0.1, 0.15) is 0 Å². The van der Waals surface area contributed by atoms with Gasteiger partial charge >= 0.3 is 0 Å². The molecule has 0 atom stereocenters. The second kappa shape index (κ2) is 3.99. The Morgan fingerprint density at radius 3 is 2.64 bits per heavy atom. The van der Waals surface area contributed by atoms with Crippen LogP contribution in [0.4, 0.5) is 0 Å². The van der Waals surface area contributed by atoms with Crippen LogP contribution < -0.4 is 0 Å². The Labute approximate surface area is 64.1 Å². The van der Waals surface area contributed by atoms with E-state index in [2.05, 4.69) is 21.9 Å². The first kappa shape index (κ1) is 8.09. The minimum absolute atomic E-state index is 0.324. The second-order valence-corrected chi connectivity index (χ2v) is 1.86. The first-order valence-corrected chi connectivity index (χ1v) is 3.06. The molecule has 11 heavy (non-hydrogen) atoms. The van der Waals surface area contributed by atoms with Gasteiger partial charge in [-0.1, -0.05) is 0 Å². The van der Waals surface area contributed by atoms with Crippen LogP contribution in [-0.2, 0) is 16.0 Å². The zero-order valence-corrected chi connectivity index (χ0v) is 6.39. The van der Waals surface area contributed by atoms with Crippen molar-refractivity contribution in [3.63, 3.8) is 0 Å². The van der Waals surface area contributed by atoms with E-state index in [0.29, 0.717) is 6.54 Å². The maximum atomic E-state index is 4.91. The first-order chi connectivity index (χ1) is 5.36. The van der Waals surface area contributed by atoms with Gasteiger partial charge in [-0.25, -0.2) is 4.68 Å². The SMILES string of the molecule is COC(Cn1[c]nnn1)OC. The third-order valence-corrected chi connectivity index (χ3v) is 1.20. The Kier molecular flexibility index (Phi) is 2.94. The van der Waals surface area contributed by atoms with Crippen LogP contribution in [0.15, 0.2) is 0 Å². The molecule has 0 N–H and O–H groups in total. The molecule has 1 radical (unpaired) electrons. The van der Waals surface area contributed by atoms with Gasteiger partial charge in [-0.3, -0.25) is 0 Å². The van der Waals surface area contributed by atoms with Gasteiger partial charge in [0.15, 0.2) is 6.29 Å². The molecule has 1 heterocycles. The lowest BCUT2D eigenvalue weighted by Crippen LogP contribution is -2.21. The fourth-order valence-electron chi connectivity index (χ4n) is 0.624. The van der Waals surface area contributed by atoms with Gasteiger partial charge in [0.25, 0.3) is 0 Å². The quantitative estimate of drug-likeness (QED) is 0.529. The third kappa shape index (κ3) is 2.24. The summed E-state index contributed by atoms with van der Waals surface area (Å²) in [6.45, 7) is 0.444. The van der Waals surface area contributed by atoms with Gasteiger partial charge in [0.2, 0.25) is 6.33 Å². The fourth-order valence-corrected chi connectivity index (χ4v) is 0.624. The molecular weight excluding hydrogens is 148 g/mol. The molecule has 0 amide bonds. The second-order valence-electron chi connectivity index (χ2n) is 1.86. The third-order valence-electron chi connectivity index (χ3n) is 1.20. The molecule has 1 aromatic heterocycles. The Hall–Kier alpha value is -1.01. The van der Waals surface area contributed by atoms with Crippen LogP contribution in [0.3, 0.4) is 0 Å². The predicted octanol–water partition coefficient (Wildman–Crippen LogP) is -0.908. The Balaban J connectivity index is 2.41. The van der Waals surface area contributed by atoms with Crippen molar-refractivity contribution >= 4 is 0 Å². The normalized spacial score (nSPS) is 10.8. The van der Waals surface area contributed by atoms with Crippen LogP contribution in [0.25, 0.3) is 0 Å². The van der Waals surface area contributed by atoms with Gasteiger partial charge in [-0.05, 0) is 10.4 Å². The van der Waals surface area contributed by atoms with E-state index in [9.17, 15) is 0 Å². The maximum absolute atomic E-state index is 4.91. The van der Waals surface area contributed by atoms with Crippen molar-refractivity contribution in [1.29, 1.82) is 0 Å². The highest BCUT2D eigenvalue weighted by Gasteiger charge is 2.06. The Morgan fingerprint density at radius 2 is 2.18 bits per heavy atom. The number of methoxy groups -OCH3 is 2. The summed E-state index contributed by atoms with van der Waals surface area (Å²) < 4.78 is 11.2. The fraction of sp³-hybridized carbons (Fsp3) is 0.800. The summed E-state index contributed by atoms with van der Waals surface area (Å²) in [5, 5.41) is 10.3. The van der Waals surface area contributed by atoms with Crippen molar-refractivity contribution < 1.29 is 9.47 Å². The van der Waals surface area contributed by atoms with Gasteiger partial charge in [-0.15, -0.1) is 5.10 Å². The molecule has 6 heteroatoms. The van der Waals surface area contributed by atoms with E-state index in [1.807, 2.05) is 0 Å². The number of rotatable bonds is 4. The van der Waals surface area contributed by atoms with Crippen LogP contribution in [-0.4, -0.2) is 40.7 Å². The molecule has 0 fully saturated rings. The van der Waals surface area contributed by atoms with E-state index >= 15 is 0 Å². The van der Waals surface area contributed by atoms with Crippen molar-refractivity contribution in [2.24, 2.45) is 0 Å². The summed E-state index contributed by atoms with van der Waals surface area (Å²) >= 11 is 0. The molecule has 0 bridgehead atoms. The standard InChI is InChI=1S/C5H9N4O2/c1-10-5(11-2)3-9-4-6-7-8-9/h5H,3H2,1-2H3. The van der Waals surface area contributed by atoms with E-state index in [1.54, 1.807) is 14.2 Å². The van der Waals surface area contributed by atoms with E-state index in [1.165, 1.54) is 4.68 Å². The minimum Gasteiger partial charge on any atom is -0.354 e. The monoisotopic (exact) mass is 157 g/mol. The first-order valence-electron chi connectivity index (χ1n) is 3.06. The van der Waals surface area contributed by atoms with Crippen LogP contribution in [0.2, 0.25) is 0 Å². The molecule has 0 spiro atoms. The molecular formula is C5H9N4O2. The van der Waals surface area contributed by atoms with Gasteiger partial charge in [0.1, 0.15) is 0 Å². The molecule has 0 unspecified atom stereocenters. The lowest BCUT2D eigenvalue weighted by Gasteiger charge is -2.11. The van der Waals surface area contributed by atoms with Gasteiger partial charge in [0, 0.05) is 14.2 Å². The largest absolute Gasteiger partial charge is 0.354 e. The molecule has 0 aliphatic carbocycles. The zero-order chi connectivity index (χ0) is 8.10. The summed E-state index contributed by atoms with van der Waals surface area (Å²) in [6.07, 6.45) is 2.20. The van der Waals surface area contributed by atoms with E-state index in [-0.39, 0.29) is 6.29 Å². The van der Waals surface area contributed by atoms with Crippen molar-refractivity contribution in [3.8, 4) is 0 Å². The summed E-state index contributed by atoms with van der Waals surface area (Å²) in [5.41, 5.74) is 0. The molecule has 61 valence electrons. The number of hydrogen-bond donors (Lipinski definition) is 0. The van der Waals surface area contributed by atoms with Gasteiger partial charge in [0.05, 0.1) is 6.54 Å². The van der Waals surface area contributed by atoms with Gasteiger partial charge in [-0.2, -0.15) is 0 Å². The molecule has 0 saturated carbocycles. The number of aromatic nitrogens is 4. The molecule has 6 nitrogen and oxygen atoms in total. The number of hydrogen-bond acceptors (Lipinski definition) is 5. The predicted molar refractivity (Wildman–Crippen MR) is 34.5 cm³/mol. The van der Waals surface area contributed by atoms with E-state index < -0.39 is 0 Å². The molecule has 1 rings (SSSR count). The summed E-state index contributed by atoms with van der Waals surface area (Å²) in [7, 11) is 3.11. The molecule has 0 saturated heterocycles. The number of nitrogens with zero attached hydrogens (tertiary/aromatic N) is 4. The highest BCUT2D eigenvalue weighted by molar-refractivity contribution is 4.46. The highest BCUT2D eigenvalue weighted by atomic mass is 16.7. The van der Waals surface area contributed by atoms with Crippen molar-refractivity contribution in [3.05, 3.63) is 6.33 Å². The number of tetrazole rings is 1. The van der Waals surface area contributed by atoms with Crippen molar-refractivity contribution in [2.75, 3.05) is 14.2 Å².